The average molecular weight is 251 g/mol. The predicted molar refractivity (Wildman–Crippen MR) is 70.8 cm³/mol. The van der Waals surface area contributed by atoms with Gasteiger partial charge in [0.05, 0.1) is 21.3 Å². The lowest BCUT2D eigenvalue weighted by Crippen LogP contribution is -2.23. The summed E-state index contributed by atoms with van der Waals surface area (Å²) in [7, 11) is 4.92. The second-order valence-corrected chi connectivity index (χ2v) is 4.53. The molecule has 0 aliphatic carbocycles. The van der Waals surface area contributed by atoms with Gasteiger partial charge in [-0.2, -0.15) is 0 Å². The molecular weight excluding hydrogens is 230 g/mol. The molecular formula is C14H21NO3. The maximum atomic E-state index is 5.36. The van der Waals surface area contributed by atoms with E-state index in [0.29, 0.717) is 11.8 Å². The van der Waals surface area contributed by atoms with Crippen molar-refractivity contribution in [1.29, 1.82) is 0 Å². The van der Waals surface area contributed by atoms with Crippen LogP contribution in [0.4, 0.5) is 0 Å². The molecule has 0 bridgehead atoms. The van der Waals surface area contributed by atoms with E-state index in [1.54, 1.807) is 21.3 Å². The number of benzene rings is 1. The maximum Gasteiger partial charge on any atom is 0.203 e. The van der Waals surface area contributed by atoms with Crippen molar-refractivity contribution in [2.24, 2.45) is 0 Å². The summed E-state index contributed by atoms with van der Waals surface area (Å²) < 4.78 is 16.0. The molecule has 0 spiro atoms. The monoisotopic (exact) mass is 251 g/mol. The number of methoxy groups -OCH3 is 3. The minimum absolute atomic E-state index is 0.563. The lowest BCUT2D eigenvalue weighted by molar-refractivity contribution is 0.323. The maximum absolute atomic E-state index is 5.36. The fourth-order valence-electron chi connectivity index (χ4n) is 2.47. The van der Waals surface area contributed by atoms with Gasteiger partial charge in [0.1, 0.15) is 0 Å². The van der Waals surface area contributed by atoms with Crippen LogP contribution in [0.25, 0.3) is 0 Å². The summed E-state index contributed by atoms with van der Waals surface area (Å²) in [5, 5.41) is 3.50. The van der Waals surface area contributed by atoms with Gasteiger partial charge in [-0.25, -0.2) is 0 Å². The molecule has 1 heterocycles. The largest absolute Gasteiger partial charge is 0.493 e. The molecule has 4 nitrogen and oxygen atoms in total. The number of hydrogen-bond acceptors (Lipinski definition) is 4. The van der Waals surface area contributed by atoms with E-state index in [0.717, 1.165) is 24.5 Å². The van der Waals surface area contributed by atoms with Crippen molar-refractivity contribution in [3.63, 3.8) is 0 Å². The van der Waals surface area contributed by atoms with Crippen LogP contribution in [0.15, 0.2) is 12.1 Å². The third-order valence-electron chi connectivity index (χ3n) is 3.37. The molecule has 18 heavy (non-hydrogen) atoms. The van der Waals surface area contributed by atoms with E-state index >= 15 is 0 Å². The molecule has 1 aromatic rings. The Labute approximate surface area is 108 Å². The summed E-state index contributed by atoms with van der Waals surface area (Å²) in [6.07, 6.45) is 3.49. The summed E-state index contributed by atoms with van der Waals surface area (Å²) in [5.74, 6) is 2.11. The second-order valence-electron chi connectivity index (χ2n) is 4.53. The normalized spacial score (nSPS) is 18.7. The van der Waals surface area contributed by atoms with Crippen molar-refractivity contribution < 1.29 is 14.2 Å². The highest BCUT2D eigenvalue weighted by atomic mass is 16.5. The molecule has 0 amide bonds. The van der Waals surface area contributed by atoms with Crippen LogP contribution < -0.4 is 19.5 Å². The van der Waals surface area contributed by atoms with Gasteiger partial charge in [0.25, 0.3) is 0 Å². The summed E-state index contributed by atoms with van der Waals surface area (Å²) in [4.78, 5) is 0. The Bertz CT molecular complexity index is 375. The van der Waals surface area contributed by atoms with E-state index in [9.17, 15) is 0 Å². The zero-order valence-electron chi connectivity index (χ0n) is 11.3. The zero-order chi connectivity index (χ0) is 13.0. The highest BCUT2D eigenvalue weighted by Gasteiger charge is 2.18. The molecule has 1 aliphatic heterocycles. The smallest absolute Gasteiger partial charge is 0.203 e. The second kappa shape index (κ2) is 5.96. The number of hydrogen-bond donors (Lipinski definition) is 1. The van der Waals surface area contributed by atoms with Crippen LogP contribution in [0.2, 0.25) is 0 Å². The minimum Gasteiger partial charge on any atom is -0.493 e. The topological polar surface area (TPSA) is 39.7 Å². The molecule has 2 rings (SSSR count). The van der Waals surface area contributed by atoms with Gasteiger partial charge in [0, 0.05) is 6.04 Å². The molecule has 4 heteroatoms. The first-order chi connectivity index (χ1) is 8.78. The van der Waals surface area contributed by atoms with Crippen LogP contribution in [-0.2, 0) is 6.42 Å². The lowest BCUT2D eigenvalue weighted by atomic mass is 10.0. The summed E-state index contributed by atoms with van der Waals surface area (Å²) in [6.45, 7) is 1.12. The fourth-order valence-corrected chi connectivity index (χ4v) is 2.47. The van der Waals surface area contributed by atoms with Crippen LogP contribution in [0, 0.1) is 0 Å². The summed E-state index contributed by atoms with van der Waals surface area (Å²) >= 11 is 0. The van der Waals surface area contributed by atoms with Gasteiger partial charge in [-0.15, -0.1) is 0 Å². The van der Waals surface area contributed by atoms with E-state index in [4.69, 9.17) is 14.2 Å². The van der Waals surface area contributed by atoms with Crippen molar-refractivity contribution in [3.8, 4) is 17.2 Å². The molecule has 1 aliphatic rings. The van der Waals surface area contributed by atoms with Crippen molar-refractivity contribution in [1.82, 2.24) is 5.32 Å². The third kappa shape index (κ3) is 2.70. The number of ether oxygens (including phenoxy) is 3. The van der Waals surface area contributed by atoms with Gasteiger partial charge in [0.15, 0.2) is 11.5 Å². The Morgan fingerprint density at radius 3 is 2.22 bits per heavy atom. The first kappa shape index (κ1) is 13.0. The predicted octanol–water partition coefficient (Wildman–Crippen LogP) is 2.01. The van der Waals surface area contributed by atoms with Crippen LogP contribution in [0.1, 0.15) is 18.4 Å². The Morgan fingerprint density at radius 1 is 1.11 bits per heavy atom. The Balaban J connectivity index is 2.24. The van der Waals surface area contributed by atoms with Crippen molar-refractivity contribution in [3.05, 3.63) is 17.7 Å². The minimum atomic E-state index is 0.563. The molecule has 1 atom stereocenters. The van der Waals surface area contributed by atoms with Crippen LogP contribution in [0.5, 0.6) is 17.2 Å². The van der Waals surface area contributed by atoms with Gasteiger partial charge in [-0.3, -0.25) is 0 Å². The molecule has 0 radical (unpaired) electrons. The van der Waals surface area contributed by atoms with E-state index in [-0.39, 0.29) is 0 Å². The molecule has 0 saturated carbocycles. The molecule has 1 unspecified atom stereocenters. The standard InChI is InChI=1S/C14H21NO3/c1-16-12-8-10(7-11-5-4-6-15-11)9-13(17-2)14(12)18-3/h8-9,11,15H,4-7H2,1-3H3. The number of nitrogens with one attached hydrogen (secondary N) is 1. The van der Waals surface area contributed by atoms with Crippen LogP contribution >= 0.6 is 0 Å². The first-order valence-electron chi connectivity index (χ1n) is 6.30. The van der Waals surface area contributed by atoms with Crippen molar-refractivity contribution >= 4 is 0 Å². The van der Waals surface area contributed by atoms with E-state index in [1.165, 1.54) is 18.4 Å². The first-order valence-corrected chi connectivity index (χ1v) is 6.30. The van der Waals surface area contributed by atoms with Gasteiger partial charge in [0.2, 0.25) is 5.75 Å². The van der Waals surface area contributed by atoms with Crippen molar-refractivity contribution in [2.75, 3.05) is 27.9 Å². The third-order valence-corrected chi connectivity index (χ3v) is 3.37. The van der Waals surface area contributed by atoms with Gasteiger partial charge in [-0.05, 0) is 43.5 Å². The SMILES string of the molecule is COc1cc(CC2CCCN2)cc(OC)c1OC. The summed E-state index contributed by atoms with van der Waals surface area (Å²) in [5.41, 5.74) is 1.21. The Kier molecular flexibility index (Phi) is 4.31. The van der Waals surface area contributed by atoms with Crippen molar-refractivity contribution in [2.45, 2.75) is 25.3 Å². The highest BCUT2D eigenvalue weighted by molar-refractivity contribution is 5.54. The molecule has 1 aromatic carbocycles. The quantitative estimate of drug-likeness (QED) is 0.869. The highest BCUT2D eigenvalue weighted by Crippen LogP contribution is 2.38. The number of rotatable bonds is 5. The van der Waals surface area contributed by atoms with Gasteiger partial charge >= 0.3 is 0 Å². The fraction of sp³-hybridized carbons (Fsp3) is 0.571. The van der Waals surface area contributed by atoms with E-state index < -0.39 is 0 Å². The van der Waals surface area contributed by atoms with E-state index in [1.807, 2.05) is 12.1 Å². The van der Waals surface area contributed by atoms with Gasteiger partial charge in [-0.1, -0.05) is 0 Å². The molecule has 100 valence electrons. The average Bonchev–Trinajstić information content (AvgIpc) is 2.90. The lowest BCUT2D eigenvalue weighted by Gasteiger charge is -2.16. The molecule has 1 fully saturated rings. The van der Waals surface area contributed by atoms with E-state index in [2.05, 4.69) is 5.32 Å². The van der Waals surface area contributed by atoms with Gasteiger partial charge < -0.3 is 19.5 Å². The van der Waals surface area contributed by atoms with Crippen LogP contribution in [-0.4, -0.2) is 33.9 Å². The summed E-state index contributed by atoms with van der Waals surface area (Å²) in [6, 6.07) is 4.62. The zero-order valence-corrected chi connectivity index (χ0v) is 11.3. The molecule has 0 aromatic heterocycles. The Morgan fingerprint density at radius 2 is 1.78 bits per heavy atom. The molecule has 1 N–H and O–H groups in total. The Hall–Kier alpha value is -1.42. The molecule has 1 saturated heterocycles. The van der Waals surface area contributed by atoms with Crippen LogP contribution in [0.3, 0.4) is 0 Å².